The number of rotatable bonds is 9. The minimum atomic E-state index is -1.18. The van der Waals surface area contributed by atoms with Crippen LogP contribution in [0.15, 0.2) is 57.0 Å². The molecule has 0 bridgehead atoms. The number of aromatic nitrogens is 2. The Bertz CT molecular complexity index is 1130. The van der Waals surface area contributed by atoms with Gasteiger partial charge in [-0.25, -0.2) is 9.59 Å². The van der Waals surface area contributed by atoms with Gasteiger partial charge in [0.05, 0.1) is 12.7 Å². The predicted molar refractivity (Wildman–Crippen MR) is 112 cm³/mol. The number of nitrogens with zero attached hydrogens (tertiary/aromatic N) is 2. The maximum absolute atomic E-state index is 11.7. The maximum atomic E-state index is 11.7. The van der Waals surface area contributed by atoms with Gasteiger partial charge in [-0.05, 0) is 53.7 Å². The number of carbonyl (C=O) groups is 2. The van der Waals surface area contributed by atoms with Crippen LogP contribution >= 0.6 is 23.4 Å². The zero-order valence-electron chi connectivity index (χ0n) is 15.9. The van der Waals surface area contributed by atoms with Gasteiger partial charge in [0, 0.05) is 5.02 Å². The maximum Gasteiger partial charge on any atom is 0.342 e. The Morgan fingerprint density at radius 2 is 1.90 bits per heavy atom. The Kier molecular flexibility index (Phi) is 7.16. The molecule has 0 saturated heterocycles. The SMILES string of the molecule is COc1ccc(Cl)cc1-c1nnc(S/C(=C\c2ccc(OCC(=O)O)cc2)C(=O)O)o1. The summed E-state index contributed by atoms with van der Waals surface area (Å²) in [5.74, 6) is -1.32. The molecule has 1 heterocycles. The van der Waals surface area contributed by atoms with Gasteiger partial charge in [0.15, 0.2) is 6.61 Å². The molecule has 0 aliphatic heterocycles. The molecule has 0 amide bonds. The van der Waals surface area contributed by atoms with Crippen molar-refractivity contribution >= 4 is 41.4 Å². The highest BCUT2D eigenvalue weighted by atomic mass is 35.5. The molecule has 0 aliphatic rings. The van der Waals surface area contributed by atoms with Crippen LogP contribution in [-0.4, -0.2) is 46.1 Å². The van der Waals surface area contributed by atoms with Crippen LogP contribution in [0.5, 0.6) is 11.5 Å². The molecule has 2 aromatic carbocycles. The average molecular weight is 463 g/mol. The largest absolute Gasteiger partial charge is 0.496 e. The van der Waals surface area contributed by atoms with Gasteiger partial charge < -0.3 is 24.1 Å². The van der Waals surface area contributed by atoms with Gasteiger partial charge in [0.2, 0.25) is 0 Å². The van der Waals surface area contributed by atoms with Crippen molar-refractivity contribution < 1.29 is 33.7 Å². The highest BCUT2D eigenvalue weighted by Crippen LogP contribution is 2.35. The lowest BCUT2D eigenvalue weighted by atomic mass is 10.2. The van der Waals surface area contributed by atoms with E-state index in [1.165, 1.54) is 25.3 Å². The fourth-order valence-electron chi connectivity index (χ4n) is 2.39. The van der Waals surface area contributed by atoms with Crippen LogP contribution in [0, 0.1) is 0 Å². The molecule has 0 aliphatic carbocycles. The number of hydrogen-bond acceptors (Lipinski definition) is 8. The smallest absolute Gasteiger partial charge is 0.342 e. The van der Waals surface area contributed by atoms with Crippen LogP contribution in [-0.2, 0) is 9.59 Å². The first kappa shape index (κ1) is 22.2. The molecule has 11 heteroatoms. The second-order valence-electron chi connectivity index (χ2n) is 5.88. The van der Waals surface area contributed by atoms with Gasteiger partial charge in [-0.1, -0.05) is 23.7 Å². The fourth-order valence-corrected chi connectivity index (χ4v) is 3.24. The van der Waals surface area contributed by atoms with E-state index in [9.17, 15) is 14.7 Å². The molecule has 31 heavy (non-hydrogen) atoms. The van der Waals surface area contributed by atoms with Crippen molar-refractivity contribution in [1.82, 2.24) is 10.2 Å². The lowest BCUT2D eigenvalue weighted by molar-refractivity contribution is -0.139. The van der Waals surface area contributed by atoms with E-state index in [1.54, 1.807) is 30.3 Å². The third kappa shape index (κ3) is 6.00. The van der Waals surface area contributed by atoms with Crippen molar-refractivity contribution in [2.45, 2.75) is 5.22 Å². The lowest BCUT2D eigenvalue weighted by Crippen LogP contribution is -2.09. The van der Waals surface area contributed by atoms with E-state index in [1.807, 2.05) is 0 Å². The van der Waals surface area contributed by atoms with Gasteiger partial charge in [-0.2, -0.15) is 0 Å². The third-order valence-corrected chi connectivity index (χ3v) is 4.83. The molecule has 0 atom stereocenters. The Balaban J connectivity index is 1.79. The zero-order chi connectivity index (χ0) is 22.4. The monoisotopic (exact) mass is 462 g/mol. The molecule has 2 N–H and O–H groups in total. The first-order chi connectivity index (χ1) is 14.9. The second kappa shape index (κ2) is 10.0. The topological polar surface area (TPSA) is 132 Å². The summed E-state index contributed by atoms with van der Waals surface area (Å²) < 4.78 is 15.9. The normalized spacial score (nSPS) is 11.2. The predicted octanol–water partition coefficient (Wildman–Crippen LogP) is 4.08. The highest BCUT2D eigenvalue weighted by Gasteiger charge is 2.18. The molecule has 0 fully saturated rings. The van der Waals surface area contributed by atoms with E-state index >= 15 is 0 Å². The molecular formula is C20H15ClN2O7S. The minimum absolute atomic E-state index is 0.0205. The summed E-state index contributed by atoms with van der Waals surface area (Å²) in [6.45, 7) is -0.470. The van der Waals surface area contributed by atoms with Gasteiger partial charge in [0.1, 0.15) is 16.4 Å². The highest BCUT2D eigenvalue weighted by molar-refractivity contribution is 8.03. The quantitative estimate of drug-likeness (QED) is 0.354. The van der Waals surface area contributed by atoms with Gasteiger partial charge in [-0.3, -0.25) is 0 Å². The Morgan fingerprint density at radius 1 is 1.16 bits per heavy atom. The Hall–Kier alpha value is -3.50. The van der Waals surface area contributed by atoms with Gasteiger partial charge >= 0.3 is 11.9 Å². The average Bonchev–Trinajstić information content (AvgIpc) is 3.21. The van der Waals surface area contributed by atoms with Crippen molar-refractivity contribution in [2.75, 3.05) is 13.7 Å². The fraction of sp³-hybridized carbons (Fsp3) is 0.100. The second-order valence-corrected chi connectivity index (χ2v) is 7.31. The van der Waals surface area contributed by atoms with E-state index in [-0.39, 0.29) is 16.0 Å². The van der Waals surface area contributed by atoms with E-state index in [0.717, 1.165) is 11.8 Å². The standard InChI is InChI=1S/C20H15ClN2O7S/c1-28-15-7-4-12(21)9-14(15)18-22-23-20(30-18)31-16(19(26)27)8-11-2-5-13(6-3-11)29-10-17(24)25/h2-9H,10H2,1H3,(H,24,25)(H,26,27)/b16-8-. The van der Waals surface area contributed by atoms with Crippen LogP contribution < -0.4 is 9.47 Å². The van der Waals surface area contributed by atoms with E-state index in [4.69, 9.17) is 30.6 Å². The summed E-state index contributed by atoms with van der Waals surface area (Å²) in [5, 5.41) is 26.5. The first-order valence-electron chi connectivity index (χ1n) is 8.60. The van der Waals surface area contributed by atoms with Crippen LogP contribution in [0.25, 0.3) is 17.5 Å². The molecule has 0 saturated carbocycles. The molecule has 3 aromatic rings. The van der Waals surface area contributed by atoms with Crippen molar-refractivity contribution in [3.05, 3.63) is 58.0 Å². The number of ether oxygens (including phenoxy) is 2. The number of aliphatic carboxylic acids is 2. The molecule has 3 rings (SSSR count). The van der Waals surface area contributed by atoms with Crippen molar-refractivity contribution in [2.24, 2.45) is 0 Å². The molecule has 1 aromatic heterocycles. The summed E-state index contributed by atoms with van der Waals surface area (Å²) in [6, 6.07) is 11.2. The number of carboxylic acids is 2. The molecular weight excluding hydrogens is 448 g/mol. The number of methoxy groups -OCH3 is 1. The minimum Gasteiger partial charge on any atom is -0.496 e. The lowest BCUT2D eigenvalue weighted by Gasteiger charge is -2.05. The Morgan fingerprint density at radius 3 is 2.55 bits per heavy atom. The van der Waals surface area contributed by atoms with E-state index < -0.39 is 18.5 Å². The first-order valence-corrected chi connectivity index (χ1v) is 9.80. The molecule has 9 nitrogen and oxygen atoms in total. The molecule has 0 spiro atoms. The number of benzene rings is 2. The van der Waals surface area contributed by atoms with Gasteiger partial charge in [-0.15, -0.1) is 10.2 Å². The van der Waals surface area contributed by atoms with Crippen LogP contribution in [0.3, 0.4) is 0 Å². The van der Waals surface area contributed by atoms with Crippen LogP contribution in [0.2, 0.25) is 5.02 Å². The summed E-state index contributed by atoms with van der Waals surface area (Å²) in [4.78, 5) is 22.1. The number of carboxylic acid groups (broad SMARTS) is 2. The van der Waals surface area contributed by atoms with Crippen molar-refractivity contribution in [3.8, 4) is 23.0 Å². The molecule has 160 valence electrons. The van der Waals surface area contributed by atoms with Crippen LogP contribution in [0.4, 0.5) is 0 Å². The molecule has 0 unspecified atom stereocenters. The number of hydrogen-bond donors (Lipinski definition) is 2. The third-order valence-electron chi connectivity index (χ3n) is 3.75. The Labute approximate surface area is 185 Å². The van der Waals surface area contributed by atoms with E-state index in [0.29, 0.717) is 27.6 Å². The van der Waals surface area contributed by atoms with E-state index in [2.05, 4.69) is 10.2 Å². The number of thioether (sulfide) groups is 1. The number of halogens is 1. The summed E-state index contributed by atoms with van der Waals surface area (Å²) in [6.07, 6.45) is 1.41. The summed E-state index contributed by atoms with van der Waals surface area (Å²) >= 11 is 6.80. The molecule has 0 radical (unpaired) electrons. The van der Waals surface area contributed by atoms with Crippen molar-refractivity contribution in [3.63, 3.8) is 0 Å². The van der Waals surface area contributed by atoms with Crippen molar-refractivity contribution in [1.29, 1.82) is 0 Å². The zero-order valence-corrected chi connectivity index (χ0v) is 17.5. The summed E-state index contributed by atoms with van der Waals surface area (Å²) in [7, 11) is 1.49. The summed E-state index contributed by atoms with van der Waals surface area (Å²) in [5.41, 5.74) is 1.04. The van der Waals surface area contributed by atoms with Crippen LogP contribution in [0.1, 0.15) is 5.56 Å². The van der Waals surface area contributed by atoms with Gasteiger partial charge in [0.25, 0.3) is 11.1 Å².